The summed E-state index contributed by atoms with van der Waals surface area (Å²) >= 11 is 0. The molecule has 0 amide bonds. The summed E-state index contributed by atoms with van der Waals surface area (Å²) in [6.45, 7) is 2.27. The Morgan fingerprint density at radius 3 is 2.62 bits per heavy atom. The van der Waals surface area contributed by atoms with Crippen LogP contribution in [0.25, 0.3) is 0 Å². The number of rotatable bonds is 1. The van der Waals surface area contributed by atoms with E-state index in [1.807, 2.05) is 6.92 Å². The van der Waals surface area contributed by atoms with E-state index < -0.39 is 10.0 Å². The molecule has 1 fully saturated rings. The molecule has 1 rings (SSSR count). The molecule has 4 nitrogen and oxygen atoms in total. The lowest BCUT2D eigenvalue weighted by atomic mass is 10.1. The number of allylic oxidation sites excluding steroid dienone is 1. The first kappa shape index (κ1) is 10.2. The highest BCUT2D eigenvalue weighted by Gasteiger charge is 2.25. The highest BCUT2D eigenvalue weighted by molar-refractivity contribution is 7.88. The van der Waals surface area contributed by atoms with Crippen LogP contribution in [0.15, 0.2) is 11.6 Å². The van der Waals surface area contributed by atoms with Gasteiger partial charge < -0.3 is 0 Å². The summed E-state index contributed by atoms with van der Waals surface area (Å²) in [4.78, 5) is 0. The van der Waals surface area contributed by atoms with Crippen LogP contribution in [0.3, 0.4) is 0 Å². The summed E-state index contributed by atoms with van der Waals surface area (Å²) in [5.41, 5.74) is 0.816. The number of sulfonamides is 1. The first-order chi connectivity index (χ1) is 5.96. The minimum atomic E-state index is -3.25. The first-order valence-corrected chi connectivity index (χ1v) is 6.03. The summed E-state index contributed by atoms with van der Waals surface area (Å²) in [7, 11) is -3.25. The number of hydrogen-bond acceptors (Lipinski definition) is 3. The van der Waals surface area contributed by atoms with E-state index in [-0.39, 0.29) is 5.84 Å². The largest absolute Gasteiger partial charge is 0.284 e. The Morgan fingerprint density at radius 1 is 1.54 bits per heavy atom. The molecule has 0 aromatic heterocycles. The maximum Gasteiger partial charge on any atom is 0.233 e. The van der Waals surface area contributed by atoms with Crippen LogP contribution < -0.4 is 0 Å². The highest BCUT2D eigenvalue weighted by Crippen LogP contribution is 2.19. The van der Waals surface area contributed by atoms with Gasteiger partial charge in [0.25, 0.3) is 0 Å². The molecule has 0 bridgehead atoms. The van der Waals surface area contributed by atoms with Gasteiger partial charge in [0.05, 0.1) is 6.26 Å². The molecule has 5 heteroatoms. The van der Waals surface area contributed by atoms with Gasteiger partial charge >= 0.3 is 0 Å². The molecule has 0 radical (unpaired) electrons. The Morgan fingerprint density at radius 2 is 2.15 bits per heavy atom. The van der Waals surface area contributed by atoms with E-state index in [9.17, 15) is 8.42 Å². The van der Waals surface area contributed by atoms with Crippen LogP contribution in [-0.4, -0.2) is 31.4 Å². The maximum absolute atomic E-state index is 11.2. The fourth-order valence-corrected chi connectivity index (χ4v) is 2.33. The van der Waals surface area contributed by atoms with Crippen LogP contribution in [0.5, 0.6) is 0 Å². The summed E-state index contributed by atoms with van der Waals surface area (Å²) < 4.78 is 23.6. The third-order valence-electron chi connectivity index (χ3n) is 2.11. The first-order valence-electron chi connectivity index (χ1n) is 4.18. The molecule has 0 atom stereocenters. The minimum absolute atomic E-state index is 0.135. The van der Waals surface area contributed by atoms with Gasteiger partial charge in [0.15, 0.2) is 0 Å². The smallest absolute Gasteiger partial charge is 0.233 e. The molecule has 74 valence electrons. The Bertz CT molecular complexity index is 343. The molecule has 0 saturated carbocycles. The Balaban J connectivity index is 2.97. The Labute approximate surface area is 78.8 Å². The molecule has 0 spiro atoms. The van der Waals surface area contributed by atoms with Crippen molar-refractivity contribution in [2.75, 3.05) is 12.8 Å². The predicted molar refractivity (Wildman–Crippen MR) is 52.3 cm³/mol. The lowest BCUT2D eigenvalue weighted by Crippen LogP contribution is -2.40. The van der Waals surface area contributed by atoms with Gasteiger partial charge in [0.1, 0.15) is 5.84 Å². The molecule has 1 N–H and O–H groups in total. The topological polar surface area (TPSA) is 61.2 Å². The van der Waals surface area contributed by atoms with Gasteiger partial charge in [-0.3, -0.25) is 9.71 Å². The Kier molecular flexibility index (Phi) is 2.75. The van der Waals surface area contributed by atoms with Gasteiger partial charge in [-0.25, -0.2) is 8.42 Å². The van der Waals surface area contributed by atoms with Crippen molar-refractivity contribution in [2.45, 2.75) is 19.8 Å². The van der Waals surface area contributed by atoms with Crippen molar-refractivity contribution in [2.24, 2.45) is 0 Å². The van der Waals surface area contributed by atoms with Crippen molar-refractivity contribution in [3.8, 4) is 0 Å². The quantitative estimate of drug-likeness (QED) is 0.688. The lowest BCUT2D eigenvalue weighted by molar-refractivity contribution is 0.502. The van der Waals surface area contributed by atoms with Crippen LogP contribution >= 0.6 is 0 Å². The predicted octanol–water partition coefficient (Wildman–Crippen LogP) is 0.965. The lowest BCUT2D eigenvalue weighted by Gasteiger charge is -2.28. The minimum Gasteiger partial charge on any atom is -0.284 e. The van der Waals surface area contributed by atoms with Crippen molar-refractivity contribution < 1.29 is 8.42 Å². The van der Waals surface area contributed by atoms with E-state index in [0.717, 1.165) is 29.0 Å². The molecule has 0 aliphatic carbocycles. The van der Waals surface area contributed by atoms with E-state index in [0.29, 0.717) is 6.54 Å². The Hall–Kier alpha value is -0.840. The van der Waals surface area contributed by atoms with Crippen LogP contribution in [0.1, 0.15) is 19.8 Å². The molecule has 0 aromatic rings. The zero-order valence-electron chi connectivity index (χ0n) is 7.87. The van der Waals surface area contributed by atoms with E-state index in [1.54, 1.807) is 6.08 Å². The third-order valence-corrected chi connectivity index (χ3v) is 3.28. The van der Waals surface area contributed by atoms with Crippen LogP contribution in [0.2, 0.25) is 0 Å². The van der Waals surface area contributed by atoms with E-state index in [4.69, 9.17) is 5.41 Å². The summed E-state index contributed by atoms with van der Waals surface area (Å²) in [6, 6.07) is 0. The summed E-state index contributed by atoms with van der Waals surface area (Å²) in [5, 5.41) is 7.64. The van der Waals surface area contributed by atoms with Crippen molar-refractivity contribution in [3.05, 3.63) is 11.6 Å². The van der Waals surface area contributed by atoms with Gasteiger partial charge in [0, 0.05) is 6.54 Å². The van der Waals surface area contributed by atoms with Crippen LogP contribution in [0, 0.1) is 5.41 Å². The molecular formula is C8H14N2O2S. The molecule has 0 aromatic carbocycles. The van der Waals surface area contributed by atoms with E-state index in [2.05, 4.69) is 0 Å². The normalized spacial score (nSPS) is 22.5. The highest BCUT2D eigenvalue weighted by atomic mass is 32.2. The summed E-state index contributed by atoms with van der Waals surface area (Å²) in [5.74, 6) is 0.135. The number of hydrogen-bond donors (Lipinski definition) is 1. The second-order valence-corrected chi connectivity index (χ2v) is 5.01. The molecular weight excluding hydrogens is 188 g/mol. The number of amidine groups is 1. The van der Waals surface area contributed by atoms with Gasteiger partial charge in [0.2, 0.25) is 10.0 Å². The van der Waals surface area contributed by atoms with Crippen LogP contribution in [0.4, 0.5) is 0 Å². The van der Waals surface area contributed by atoms with Gasteiger partial charge in [-0.15, -0.1) is 0 Å². The third kappa shape index (κ3) is 2.09. The van der Waals surface area contributed by atoms with Crippen LogP contribution in [-0.2, 0) is 10.0 Å². The van der Waals surface area contributed by atoms with Gasteiger partial charge in [-0.2, -0.15) is 0 Å². The average Bonchev–Trinajstić information content (AvgIpc) is 2.02. The SMILES string of the molecule is C/C=C1/CCCN(S(C)(=O)=O)C1=N. The zero-order chi connectivity index (χ0) is 10.1. The van der Waals surface area contributed by atoms with Crippen molar-refractivity contribution in [1.82, 2.24) is 4.31 Å². The number of nitrogens with one attached hydrogen (secondary N) is 1. The van der Waals surface area contributed by atoms with Crippen molar-refractivity contribution in [1.29, 1.82) is 5.41 Å². The fourth-order valence-electron chi connectivity index (χ4n) is 1.42. The number of piperidine rings is 1. The van der Waals surface area contributed by atoms with Crippen molar-refractivity contribution in [3.63, 3.8) is 0 Å². The molecule has 0 unspecified atom stereocenters. The standard InChI is InChI=1S/C8H14N2O2S/c1-3-7-5-4-6-10(8(7)9)13(2,11)12/h3,9H,4-6H2,1-2H3/b7-3-,9-8?. The average molecular weight is 202 g/mol. The molecule has 1 aliphatic heterocycles. The molecule has 1 aliphatic rings. The van der Waals surface area contributed by atoms with Crippen molar-refractivity contribution >= 4 is 15.9 Å². The fraction of sp³-hybridized carbons (Fsp3) is 0.625. The van der Waals surface area contributed by atoms with E-state index in [1.165, 1.54) is 0 Å². The zero-order valence-corrected chi connectivity index (χ0v) is 8.69. The van der Waals surface area contributed by atoms with E-state index >= 15 is 0 Å². The monoisotopic (exact) mass is 202 g/mol. The molecule has 1 saturated heterocycles. The van der Waals surface area contributed by atoms with Gasteiger partial charge in [-0.05, 0) is 25.3 Å². The summed E-state index contributed by atoms with van der Waals surface area (Å²) in [6.07, 6.45) is 4.55. The molecule has 1 heterocycles. The van der Waals surface area contributed by atoms with Gasteiger partial charge in [-0.1, -0.05) is 6.08 Å². The maximum atomic E-state index is 11.2. The number of nitrogens with zero attached hydrogens (tertiary/aromatic N) is 1. The second-order valence-electron chi connectivity index (χ2n) is 3.10. The second kappa shape index (κ2) is 3.49. The molecule has 13 heavy (non-hydrogen) atoms.